The maximum Gasteiger partial charge on any atom is 0.229 e. The third kappa shape index (κ3) is 4.03. The van der Waals surface area contributed by atoms with Crippen molar-refractivity contribution in [3.8, 4) is 0 Å². The van der Waals surface area contributed by atoms with Crippen molar-refractivity contribution >= 4 is 22.8 Å². The van der Waals surface area contributed by atoms with Gasteiger partial charge in [0.2, 0.25) is 11.3 Å². The fraction of sp³-hybridized carbons (Fsp3) is 0.0526. The molecular weight excluding hydrogens is 544 g/mol. The van der Waals surface area contributed by atoms with Crippen LogP contribution in [-0.2, 0) is 11.3 Å². The van der Waals surface area contributed by atoms with Crippen LogP contribution in [0.15, 0.2) is 187 Å². The van der Waals surface area contributed by atoms with Gasteiger partial charge >= 0.3 is 0 Å². The highest BCUT2D eigenvalue weighted by molar-refractivity contribution is 6.55. The van der Waals surface area contributed by atoms with Crippen molar-refractivity contribution in [2.45, 2.75) is 11.3 Å². The van der Waals surface area contributed by atoms with Crippen LogP contribution in [0.4, 0.5) is 0 Å². The van der Waals surface area contributed by atoms with Crippen molar-refractivity contribution < 1.29 is 8.83 Å². The smallest absolute Gasteiger partial charge is 0.229 e. The number of aliphatic imine (C=N–C) groups is 4. The van der Waals surface area contributed by atoms with Gasteiger partial charge in [-0.05, 0) is 12.1 Å². The second kappa shape index (κ2) is 10.4. The average Bonchev–Trinajstić information content (AvgIpc) is 3.92. The van der Waals surface area contributed by atoms with Crippen LogP contribution >= 0.6 is 0 Å². The van der Waals surface area contributed by atoms with Gasteiger partial charge in [-0.3, -0.25) is 0 Å². The van der Waals surface area contributed by atoms with Gasteiger partial charge in [0.05, 0.1) is 47.9 Å². The van der Waals surface area contributed by atoms with Crippen molar-refractivity contribution in [1.29, 1.82) is 0 Å². The molecular formula is C38H26N4O2. The van der Waals surface area contributed by atoms with Crippen molar-refractivity contribution in [2.24, 2.45) is 20.0 Å². The first-order valence-corrected chi connectivity index (χ1v) is 14.4. The molecule has 0 aliphatic carbocycles. The standard InChI is InChI=1S/C38H26N4O2/c1-5-13-27(14-6-1)33-34(28-15-7-2-8-16-28)40-37(39-33,31-21-23-43-25-31)38(32-22-24-44-26-32)41-35(29-17-9-3-10-18-29)36(42-38)30-19-11-4-12-20-30/h1-26H. The molecule has 0 spiro atoms. The molecule has 4 aromatic carbocycles. The number of hydrogen-bond acceptors (Lipinski definition) is 6. The molecule has 2 aliphatic heterocycles. The lowest BCUT2D eigenvalue weighted by atomic mass is 9.84. The van der Waals surface area contributed by atoms with Crippen molar-refractivity contribution in [3.05, 3.63) is 192 Å². The fourth-order valence-corrected chi connectivity index (χ4v) is 6.00. The summed E-state index contributed by atoms with van der Waals surface area (Å²) in [5.74, 6) is 0. The van der Waals surface area contributed by atoms with Gasteiger partial charge in [0, 0.05) is 33.4 Å². The number of hydrogen-bond donors (Lipinski definition) is 0. The molecule has 0 atom stereocenters. The first-order valence-electron chi connectivity index (χ1n) is 14.4. The molecule has 0 fully saturated rings. The van der Waals surface area contributed by atoms with Crippen molar-refractivity contribution in [2.75, 3.05) is 0 Å². The minimum Gasteiger partial charge on any atom is -0.472 e. The van der Waals surface area contributed by atoms with Crippen LogP contribution in [0.2, 0.25) is 0 Å². The van der Waals surface area contributed by atoms with Gasteiger partial charge < -0.3 is 8.83 Å². The Morgan fingerprint density at radius 1 is 0.341 bits per heavy atom. The van der Waals surface area contributed by atoms with E-state index in [0.717, 1.165) is 56.2 Å². The van der Waals surface area contributed by atoms with E-state index in [1.165, 1.54) is 0 Å². The Labute approximate surface area is 254 Å². The van der Waals surface area contributed by atoms with E-state index in [4.69, 9.17) is 28.8 Å². The van der Waals surface area contributed by atoms with Gasteiger partial charge in [-0.1, -0.05) is 121 Å². The van der Waals surface area contributed by atoms with Gasteiger partial charge in [-0.15, -0.1) is 0 Å². The topological polar surface area (TPSA) is 75.7 Å². The minimum atomic E-state index is -1.36. The van der Waals surface area contributed by atoms with Gasteiger partial charge in [0.25, 0.3) is 0 Å². The molecule has 6 heteroatoms. The van der Waals surface area contributed by atoms with E-state index in [9.17, 15) is 0 Å². The predicted molar refractivity (Wildman–Crippen MR) is 173 cm³/mol. The largest absolute Gasteiger partial charge is 0.472 e. The number of rotatable bonds is 7. The van der Waals surface area contributed by atoms with Crippen LogP contribution in [0, 0.1) is 0 Å². The van der Waals surface area contributed by atoms with Crippen molar-refractivity contribution in [3.63, 3.8) is 0 Å². The third-order valence-corrected chi connectivity index (χ3v) is 8.07. The van der Waals surface area contributed by atoms with Crippen LogP contribution in [0.3, 0.4) is 0 Å². The zero-order chi connectivity index (χ0) is 29.4. The van der Waals surface area contributed by atoms with Crippen molar-refractivity contribution in [1.82, 2.24) is 0 Å². The maximum atomic E-state index is 5.72. The third-order valence-electron chi connectivity index (χ3n) is 8.07. The zero-order valence-corrected chi connectivity index (χ0v) is 23.6. The molecule has 2 aliphatic rings. The molecule has 0 unspecified atom stereocenters. The van der Waals surface area contributed by atoms with Crippen LogP contribution in [0.1, 0.15) is 33.4 Å². The Morgan fingerprint density at radius 3 is 0.841 bits per heavy atom. The maximum absolute atomic E-state index is 5.72. The molecule has 0 amide bonds. The van der Waals surface area contributed by atoms with E-state index in [1.54, 1.807) is 25.1 Å². The van der Waals surface area contributed by atoms with E-state index < -0.39 is 11.3 Å². The van der Waals surface area contributed by atoms with Crippen LogP contribution in [0.25, 0.3) is 0 Å². The highest BCUT2D eigenvalue weighted by Gasteiger charge is 2.61. The Bertz CT molecular complexity index is 1760. The van der Waals surface area contributed by atoms with E-state index >= 15 is 0 Å². The van der Waals surface area contributed by atoms with Gasteiger partial charge in [0.1, 0.15) is 0 Å². The summed E-state index contributed by atoms with van der Waals surface area (Å²) in [6, 6.07) is 44.3. The Morgan fingerprint density at radius 2 is 0.614 bits per heavy atom. The summed E-state index contributed by atoms with van der Waals surface area (Å²) < 4.78 is 11.4. The van der Waals surface area contributed by atoms with Crippen LogP contribution in [-0.4, -0.2) is 22.8 Å². The Hall–Kier alpha value is -5.88. The summed E-state index contributed by atoms with van der Waals surface area (Å²) >= 11 is 0. The summed E-state index contributed by atoms with van der Waals surface area (Å²) in [5.41, 5.74) is 5.51. The molecule has 6 aromatic rings. The van der Waals surface area contributed by atoms with Gasteiger partial charge in [-0.2, -0.15) is 0 Å². The molecule has 0 saturated carbocycles. The molecule has 0 bridgehead atoms. The number of furan rings is 2. The zero-order valence-electron chi connectivity index (χ0n) is 23.6. The summed E-state index contributed by atoms with van der Waals surface area (Å²) in [7, 11) is 0. The van der Waals surface area contributed by atoms with E-state index in [-0.39, 0.29) is 0 Å². The average molecular weight is 571 g/mol. The second-order valence-corrected chi connectivity index (χ2v) is 10.7. The lowest BCUT2D eigenvalue weighted by molar-refractivity contribution is 0.253. The number of benzene rings is 4. The van der Waals surface area contributed by atoms with Crippen LogP contribution in [0.5, 0.6) is 0 Å². The number of nitrogens with zero attached hydrogens (tertiary/aromatic N) is 4. The first-order chi connectivity index (χ1) is 21.8. The Balaban J connectivity index is 1.49. The molecule has 210 valence electrons. The lowest BCUT2D eigenvalue weighted by Crippen LogP contribution is -2.42. The summed E-state index contributed by atoms with van der Waals surface area (Å²) in [6.45, 7) is 0. The normalized spacial score (nSPS) is 16.6. The SMILES string of the molecule is c1ccc(C2=NC(c3ccoc3)(C3(c4ccoc4)N=C(c4ccccc4)C(c4ccccc4)=N3)N=C2c2ccccc2)cc1. The molecule has 6 nitrogen and oxygen atoms in total. The van der Waals surface area contributed by atoms with Crippen LogP contribution < -0.4 is 0 Å². The lowest BCUT2D eigenvalue weighted by Gasteiger charge is -2.36. The molecule has 2 aromatic heterocycles. The first kappa shape index (κ1) is 25.8. The van der Waals surface area contributed by atoms with E-state index in [2.05, 4.69) is 48.5 Å². The molecule has 0 N–H and O–H groups in total. The summed E-state index contributed by atoms with van der Waals surface area (Å²) in [4.78, 5) is 22.2. The summed E-state index contributed by atoms with van der Waals surface area (Å²) in [5, 5.41) is 0. The van der Waals surface area contributed by atoms with Gasteiger partial charge in [-0.25, -0.2) is 20.0 Å². The highest BCUT2D eigenvalue weighted by atomic mass is 16.3. The quantitative estimate of drug-likeness (QED) is 0.196. The minimum absolute atomic E-state index is 0.729. The second-order valence-electron chi connectivity index (χ2n) is 10.7. The fourth-order valence-electron chi connectivity index (χ4n) is 6.00. The molecule has 0 saturated heterocycles. The molecule has 44 heavy (non-hydrogen) atoms. The Kier molecular flexibility index (Phi) is 6.12. The molecule has 4 heterocycles. The molecule has 8 rings (SSSR count). The molecule has 0 radical (unpaired) electrons. The van der Waals surface area contributed by atoms with E-state index in [1.807, 2.05) is 84.9 Å². The summed E-state index contributed by atoms with van der Waals surface area (Å²) in [6.07, 6.45) is 6.68. The monoisotopic (exact) mass is 570 g/mol. The van der Waals surface area contributed by atoms with E-state index in [0.29, 0.717) is 0 Å². The van der Waals surface area contributed by atoms with Gasteiger partial charge in [0.15, 0.2) is 0 Å². The predicted octanol–water partition coefficient (Wildman–Crippen LogP) is 7.86. The highest BCUT2D eigenvalue weighted by Crippen LogP contribution is 2.54.